The number of rotatable bonds is 12. The maximum absolute atomic E-state index is 3.50. The molecule has 0 aromatic rings. The van der Waals surface area contributed by atoms with Gasteiger partial charge in [0.15, 0.2) is 0 Å². The number of nitrogens with zero attached hydrogens (tertiary/aromatic N) is 1. The van der Waals surface area contributed by atoms with Gasteiger partial charge in [0.1, 0.15) is 0 Å². The van der Waals surface area contributed by atoms with Gasteiger partial charge in [-0.25, -0.2) is 0 Å². The third kappa shape index (κ3) is 13.9. The second-order valence-corrected chi connectivity index (χ2v) is 5.67. The van der Waals surface area contributed by atoms with E-state index >= 15 is 0 Å². The smallest absolute Gasteiger partial charge is 0.00218 e. The van der Waals surface area contributed by atoms with Crippen molar-refractivity contribution in [1.82, 2.24) is 10.2 Å². The first-order chi connectivity index (χ1) is 8.16. The highest BCUT2D eigenvalue weighted by molar-refractivity contribution is 4.54. The van der Waals surface area contributed by atoms with Crippen molar-refractivity contribution in [2.75, 3.05) is 33.2 Å². The van der Waals surface area contributed by atoms with E-state index in [2.05, 4.69) is 38.0 Å². The van der Waals surface area contributed by atoms with E-state index in [1.54, 1.807) is 0 Å². The monoisotopic (exact) mass is 242 g/mol. The van der Waals surface area contributed by atoms with Gasteiger partial charge >= 0.3 is 0 Å². The molecule has 17 heavy (non-hydrogen) atoms. The van der Waals surface area contributed by atoms with Crippen LogP contribution in [0, 0.1) is 5.92 Å². The van der Waals surface area contributed by atoms with Gasteiger partial charge in [-0.05, 0) is 58.4 Å². The van der Waals surface area contributed by atoms with E-state index < -0.39 is 0 Å². The molecule has 0 amide bonds. The van der Waals surface area contributed by atoms with Gasteiger partial charge in [0.2, 0.25) is 0 Å². The van der Waals surface area contributed by atoms with E-state index in [9.17, 15) is 0 Å². The summed E-state index contributed by atoms with van der Waals surface area (Å²) < 4.78 is 0. The van der Waals surface area contributed by atoms with E-state index in [0.717, 1.165) is 5.92 Å². The molecule has 0 aliphatic heterocycles. The molecule has 0 radical (unpaired) electrons. The summed E-state index contributed by atoms with van der Waals surface area (Å²) >= 11 is 0. The fourth-order valence-electron chi connectivity index (χ4n) is 1.92. The van der Waals surface area contributed by atoms with E-state index in [-0.39, 0.29) is 0 Å². The molecular formula is C15H34N2. The lowest BCUT2D eigenvalue weighted by Gasteiger charge is -2.15. The van der Waals surface area contributed by atoms with Crippen LogP contribution in [0.2, 0.25) is 0 Å². The molecule has 0 atom stereocenters. The van der Waals surface area contributed by atoms with Gasteiger partial charge in [-0.3, -0.25) is 0 Å². The second-order valence-electron chi connectivity index (χ2n) is 5.67. The Bertz CT molecular complexity index is 146. The number of unbranched alkanes of at least 4 members (excludes halogenated alkanes) is 4. The van der Waals surface area contributed by atoms with Crippen LogP contribution in [0.25, 0.3) is 0 Å². The minimum Gasteiger partial charge on any atom is -0.316 e. The van der Waals surface area contributed by atoms with Crippen LogP contribution in [0.3, 0.4) is 0 Å². The SMILES string of the molecule is CCCCN(C)CCCCCCNCC(C)C. The molecular weight excluding hydrogens is 208 g/mol. The highest BCUT2D eigenvalue weighted by Gasteiger charge is 1.97. The van der Waals surface area contributed by atoms with Crippen LogP contribution in [0.5, 0.6) is 0 Å². The van der Waals surface area contributed by atoms with Crippen LogP contribution in [-0.4, -0.2) is 38.1 Å². The fourth-order valence-corrected chi connectivity index (χ4v) is 1.92. The van der Waals surface area contributed by atoms with Crippen molar-refractivity contribution < 1.29 is 0 Å². The number of hydrogen-bond donors (Lipinski definition) is 1. The molecule has 1 N–H and O–H groups in total. The van der Waals surface area contributed by atoms with E-state index in [4.69, 9.17) is 0 Å². The third-order valence-corrected chi connectivity index (χ3v) is 3.09. The first-order valence-corrected chi connectivity index (χ1v) is 7.56. The van der Waals surface area contributed by atoms with Crippen LogP contribution in [0.1, 0.15) is 59.3 Å². The molecule has 104 valence electrons. The second kappa shape index (κ2) is 12.4. The molecule has 2 heteroatoms. The highest BCUT2D eigenvalue weighted by Crippen LogP contribution is 2.01. The quantitative estimate of drug-likeness (QED) is 0.527. The Morgan fingerprint density at radius 1 is 0.941 bits per heavy atom. The highest BCUT2D eigenvalue weighted by atomic mass is 15.1. The zero-order valence-corrected chi connectivity index (χ0v) is 12.6. The summed E-state index contributed by atoms with van der Waals surface area (Å²) in [5.74, 6) is 0.780. The van der Waals surface area contributed by atoms with Crippen LogP contribution in [-0.2, 0) is 0 Å². The molecule has 0 aromatic heterocycles. The number of hydrogen-bond acceptors (Lipinski definition) is 2. The Morgan fingerprint density at radius 3 is 2.24 bits per heavy atom. The van der Waals surface area contributed by atoms with Crippen molar-refractivity contribution in [2.45, 2.75) is 59.3 Å². The molecule has 0 fully saturated rings. The fraction of sp³-hybridized carbons (Fsp3) is 1.00. The molecule has 0 saturated heterocycles. The molecule has 0 aliphatic carbocycles. The summed E-state index contributed by atoms with van der Waals surface area (Å²) in [7, 11) is 2.25. The third-order valence-electron chi connectivity index (χ3n) is 3.09. The van der Waals surface area contributed by atoms with Crippen molar-refractivity contribution in [3.63, 3.8) is 0 Å². The van der Waals surface area contributed by atoms with Crippen LogP contribution in [0.4, 0.5) is 0 Å². The molecule has 0 bridgehead atoms. The predicted molar refractivity (Wildman–Crippen MR) is 78.6 cm³/mol. The van der Waals surface area contributed by atoms with Crippen molar-refractivity contribution in [3.8, 4) is 0 Å². The average Bonchev–Trinajstić information content (AvgIpc) is 2.29. The first-order valence-electron chi connectivity index (χ1n) is 7.56. The van der Waals surface area contributed by atoms with Gasteiger partial charge in [-0.1, -0.05) is 40.0 Å². The zero-order chi connectivity index (χ0) is 12.9. The van der Waals surface area contributed by atoms with Crippen molar-refractivity contribution in [1.29, 1.82) is 0 Å². The lowest BCUT2D eigenvalue weighted by Crippen LogP contribution is -2.21. The Labute approximate surface area is 109 Å². The van der Waals surface area contributed by atoms with E-state index in [0.29, 0.717) is 0 Å². The lowest BCUT2D eigenvalue weighted by atomic mass is 10.1. The Kier molecular flexibility index (Phi) is 12.3. The van der Waals surface area contributed by atoms with Crippen LogP contribution < -0.4 is 5.32 Å². The zero-order valence-electron chi connectivity index (χ0n) is 12.6. The van der Waals surface area contributed by atoms with E-state index in [1.165, 1.54) is 64.7 Å². The van der Waals surface area contributed by atoms with Gasteiger partial charge < -0.3 is 10.2 Å². The molecule has 0 saturated carbocycles. The summed E-state index contributed by atoms with van der Waals surface area (Å²) in [5.41, 5.74) is 0. The number of nitrogens with one attached hydrogen (secondary N) is 1. The maximum Gasteiger partial charge on any atom is -0.00218 e. The summed E-state index contributed by atoms with van der Waals surface area (Å²) in [4.78, 5) is 2.47. The van der Waals surface area contributed by atoms with Gasteiger partial charge in [-0.2, -0.15) is 0 Å². The first kappa shape index (κ1) is 16.9. The molecule has 0 aliphatic rings. The Hall–Kier alpha value is -0.0800. The van der Waals surface area contributed by atoms with Gasteiger partial charge in [0.25, 0.3) is 0 Å². The van der Waals surface area contributed by atoms with Gasteiger partial charge in [0.05, 0.1) is 0 Å². The van der Waals surface area contributed by atoms with Gasteiger partial charge in [0, 0.05) is 0 Å². The normalized spacial score (nSPS) is 11.6. The Morgan fingerprint density at radius 2 is 1.59 bits per heavy atom. The van der Waals surface area contributed by atoms with Crippen molar-refractivity contribution in [2.24, 2.45) is 5.92 Å². The van der Waals surface area contributed by atoms with Crippen LogP contribution in [0.15, 0.2) is 0 Å². The largest absolute Gasteiger partial charge is 0.316 e. The topological polar surface area (TPSA) is 15.3 Å². The summed E-state index contributed by atoms with van der Waals surface area (Å²) in [5, 5.41) is 3.50. The molecule has 2 nitrogen and oxygen atoms in total. The summed E-state index contributed by atoms with van der Waals surface area (Å²) in [6.45, 7) is 11.7. The average molecular weight is 242 g/mol. The van der Waals surface area contributed by atoms with Crippen LogP contribution >= 0.6 is 0 Å². The molecule has 0 heterocycles. The molecule has 0 rings (SSSR count). The maximum atomic E-state index is 3.50. The van der Waals surface area contributed by atoms with E-state index in [1.807, 2.05) is 0 Å². The minimum atomic E-state index is 0.780. The van der Waals surface area contributed by atoms with Crippen molar-refractivity contribution >= 4 is 0 Å². The molecule has 0 aromatic carbocycles. The predicted octanol–water partition coefficient (Wildman–Crippen LogP) is 3.52. The standard InChI is InChI=1S/C15H34N2/c1-5-6-12-17(4)13-10-8-7-9-11-16-14-15(2)3/h15-16H,5-14H2,1-4H3. The van der Waals surface area contributed by atoms with Gasteiger partial charge in [-0.15, -0.1) is 0 Å². The summed E-state index contributed by atoms with van der Waals surface area (Å²) in [6.07, 6.45) is 8.13. The van der Waals surface area contributed by atoms with Crippen molar-refractivity contribution in [3.05, 3.63) is 0 Å². The minimum absolute atomic E-state index is 0.780. The summed E-state index contributed by atoms with van der Waals surface area (Å²) in [6, 6.07) is 0. The Balaban J connectivity index is 3.07. The molecule has 0 spiro atoms. The molecule has 0 unspecified atom stereocenters. The lowest BCUT2D eigenvalue weighted by molar-refractivity contribution is 0.318.